The summed E-state index contributed by atoms with van der Waals surface area (Å²) in [6.07, 6.45) is 3.21. The van der Waals surface area contributed by atoms with Crippen LogP contribution in [0.25, 0.3) is 5.69 Å². The molecule has 0 aliphatic rings. The molecular weight excluding hydrogens is 316 g/mol. The molecule has 1 amide bonds. The Morgan fingerprint density at radius 2 is 1.96 bits per heavy atom. The third-order valence-electron chi connectivity index (χ3n) is 4.34. The summed E-state index contributed by atoms with van der Waals surface area (Å²) in [6, 6.07) is 7.25. The van der Waals surface area contributed by atoms with E-state index in [9.17, 15) is 4.79 Å². The van der Waals surface area contributed by atoms with Gasteiger partial charge in [-0.3, -0.25) is 14.0 Å². The Bertz CT molecular complexity index is 881. The van der Waals surface area contributed by atoms with Crippen LogP contribution in [0.15, 0.2) is 36.9 Å². The summed E-state index contributed by atoms with van der Waals surface area (Å²) < 4.78 is 3.72. The fraction of sp³-hybridized carbons (Fsp3) is 0.333. The topological polar surface area (TPSA) is 77.6 Å². The number of benzene rings is 1. The molecule has 0 saturated heterocycles. The Hall–Kier alpha value is -2.96. The second-order valence-corrected chi connectivity index (χ2v) is 6.01. The van der Waals surface area contributed by atoms with Crippen molar-refractivity contribution in [3.05, 3.63) is 59.4 Å². The molecule has 2 aromatic heterocycles. The van der Waals surface area contributed by atoms with Crippen LogP contribution in [0.1, 0.15) is 47.2 Å². The first-order valence-corrected chi connectivity index (χ1v) is 8.31. The number of hydrogen-bond donors (Lipinski definition) is 1. The molecule has 0 saturated carbocycles. The number of nitrogens with one attached hydrogen (secondary N) is 1. The second-order valence-electron chi connectivity index (χ2n) is 6.01. The lowest BCUT2D eigenvalue weighted by atomic mass is 10.1. The van der Waals surface area contributed by atoms with Crippen molar-refractivity contribution in [3.8, 4) is 5.69 Å². The van der Waals surface area contributed by atoms with Crippen LogP contribution in [0.2, 0.25) is 0 Å². The summed E-state index contributed by atoms with van der Waals surface area (Å²) in [6.45, 7) is 8.87. The molecule has 7 heteroatoms. The monoisotopic (exact) mass is 338 g/mol. The highest BCUT2D eigenvalue weighted by atomic mass is 16.1. The highest BCUT2D eigenvalue weighted by Crippen LogP contribution is 2.22. The molecule has 0 bridgehead atoms. The van der Waals surface area contributed by atoms with E-state index in [4.69, 9.17) is 0 Å². The van der Waals surface area contributed by atoms with Gasteiger partial charge in [0.2, 0.25) is 0 Å². The number of amides is 1. The smallest absolute Gasteiger partial charge is 0.251 e. The van der Waals surface area contributed by atoms with E-state index >= 15 is 0 Å². The summed E-state index contributed by atoms with van der Waals surface area (Å²) in [5.41, 5.74) is 4.55. The molecule has 7 nitrogen and oxygen atoms in total. The van der Waals surface area contributed by atoms with Crippen LogP contribution in [-0.4, -0.2) is 30.5 Å². The van der Waals surface area contributed by atoms with Crippen LogP contribution in [-0.2, 0) is 6.54 Å². The number of aromatic nitrogens is 5. The maximum atomic E-state index is 12.7. The minimum atomic E-state index is -0.120. The van der Waals surface area contributed by atoms with Crippen LogP contribution >= 0.6 is 0 Å². The molecule has 1 atom stereocenters. The van der Waals surface area contributed by atoms with E-state index in [-0.39, 0.29) is 11.9 Å². The zero-order valence-corrected chi connectivity index (χ0v) is 14.9. The fourth-order valence-electron chi connectivity index (χ4n) is 3.14. The van der Waals surface area contributed by atoms with Gasteiger partial charge in [-0.25, -0.2) is 0 Å². The Morgan fingerprint density at radius 3 is 2.60 bits per heavy atom. The van der Waals surface area contributed by atoms with Crippen molar-refractivity contribution < 1.29 is 4.79 Å². The highest BCUT2D eigenvalue weighted by molar-refractivity contribution is 5.95. The van der Waals surface area contributed by atoms with Crippen molar-refractivity contribution in [1.82, 2.24) is 29.9 Å². The van der Waals surface area contributed by atoms with Gasteiger partial charge in [-0.2, -0.15) is 5.10 Å². The minimum absolute atomic E-state index is 0.119. The van der Waals surface area contributed by atoms with E-state index in [2.05, 4.69) is 27.5 Å². The Labute approximate surface area is 146 Å². The zero-order valence-electron chi connectivity index (χ0n) is 14.9. The lowest BCUT2D eigenvalue weighted by molar-refractivity contribution is 0.0939. The molecule has 1 aromatic carbocycles. The standard InChI is InChI=1S/C18H22N6O/c1-5-24-14(4)17(13(3)22-24)12(2)21-18(25)15-7-6-8-16(9-15)23-10-19-20-11-23/h6-12H,5H2,1-4H3,(H,21,25)/t12-/m0/s1. The van der Waals surface area contributed by atoms with Gasteiger partial charge in [0.05, 0.1) is 11.7 Å². The van der Waals surface area contributed by atoms with Crippen molar-refractivity contribution in [3.63, 3.8) is 0 Å². The number of nitrogens with zero attached hydrogens (tertiary/aromatic N) is 5. The molecule has 130 valence electrons. The van der Waals surface area contributed by atoms with Crippen molar-refractivity contribution in [2.75, 3.05) is 0 Å². The molecule has 0 unspecified atom stereocenters. The number of carbonyl (C=O) groups is 1. The van der Waals surface area contributed by atoms with E-state index in [1.54, 1.807) is 23.3 Å². The maximum absolute atomic E-state index is 12.7. The number of aryl methyl sites for hydroxylation is 2. The SMILES string of the molecule is CCn1nc(C)c([C@H](C)NC(=O)c2cccc(-n3cnnc3)c2)c1C. The average Bonchev–Trinajstić information content (AvgIpc) is 3.23. The molecule has 0 aliphatic heterocycles. The van der Waals surface area contributed by atoms with Crippen LogP contribution in [0.5, 0.6) is 0 Å². The van der Waals surface area contributed by atoms with E-state index in [0.717, 1.165) is 29.2 Å². The Morgan fingerprint density at radius 1 is 1.24 bits per heavy atom. The van der Waals surface area contributed by atoms with E-state index in [1.807, 2.05) is 43.7 Å². The lowest BCUT2D eigenvalue weighted by Gasteiger charge is -2.15. The molecule has 0 radical (unpaired) electrons. The summed E-state index contributed by atoms with van der Waals surface area (Å²) in [4.78, 5) is 12.7. The van der Waals surface area contributed by atoms with Crippen molar-refractivity contribution >= 4 is 5.91 Å². The minimum Gasteiger partial charge on any atom is -0.345 e. The maximum Gasteiger partial charge on any atom is 0.251 e. The summed E-state index contributed by atoms with van der Waals surface area (Å²) in [7, 11) is 0. The molecule has 1 N–H and O–H groups in total. The molecule has 0 fully saturated rings. The molecule has 25 heavy (non-hydrogen) atoms. The first-order chi connectivity index (χ1) is 12.0. The molecule has 3 rings (SSSR count). The Balaban J connectivity index is 1.81. The molecule has 2 heterocycles. The largest absolute Gasteiger partial charge is 0.345 e. The molecule has 0 aliphatic carbocycles. The van der Waals surface area contributed by atoms with Crippen molar-refractivity contribution in [1.29, 1.82) is 0 Å². The average molecular weight is 338 g/mol. The van der Waals surface area contributed by atoms with Gasteiger partial charge >= 0.3 is 0 Å². The van der Waals surface area contributed by atoms with E-state index < -0.39 is 0 Å². The normalized spacial score (nSPS) is 12.2. The van der Waals surface area contributed by atoms with Gasteiger partial charge in [0.25, 0.3) is 5.91 Å². The van der Waals surface area contributed by atoms with Gasteiger partial charge in [0.15, 0.2) is 0 Å². The zero-order chi connectivity index (χ0) is 18.0. The number of hydrogen-bond acceptors (Lipinski definition) is 4. The van der Waals surface area contributed by atoms with E-state index in [1.165, 1.54) is 0 Å². The van der Waals surface area contributed by atoms with Gasteiger partial charge < -0.3 is 5.32 Å². The van der Waals surface area contributed by atoms with Gasteiger partial charge in [-0.05, 0) is 45.9 Å². The number of carbonyl (C=O) groups excluding carboxylic acids is 1. The van der Waals surface area contributed by atoms with Crippen LogP contribution in [0.3, 0.4) is 0 Å². The molecule has 0 spiro atoms. The van der Waals surface area contributed by atoms with Gasteiger partial charge in [0.1, 0.15) is 12.7 Å². The van der Waals surface area contributed by atoms with Crippen LogP contribution in [0, 0.1) is 13.8 Å². The highest BCUT2D eigenvalue weighted by Gasteiger charge is 2.19. The summed E-state index contributed by atoms with van der Waals surface area (Å²) in [5.74, 6) is -0.120. The van der Waals surface area contributed by atoms with Crippen LogP contribution < -0.4 is 5.32 Å². The molecular formula is C18H22N6O. The first-order valence-electron chi connectivity index (χ1n) is 8.31. The first kappa shape index (κ1) is 16.9. The predicted molar refractivity (Wildman–Crippen MR) is 94.6 cm³/mol. The summed E-state index contributed by atoms with van der Waals surface area (Å²) in [5, 5.41) is 15.2. The summed E-state index contributed by atoms with van der Waals surface area (Å²) >= 11 is 0. The lowest BCUT2D eigenvalue weighted by Crippen LogP contribution is -2.27. The molecule has 3 aromatic rings. The Kier molecular flexibility index (Phi) is 4.65. The quantitative estimate of drug-likeness (QED) is 0.776. The third kappa shape index (κ3) is 3.31. The van der Waals surface area contributed by atoms with Crippen molar-refractivity contribution in [2.24, 2.45) is 0 Å². The van der Waals surface area contributed by atoms with E-state index in [0.29, 0.717) is 5.56 Å². The van der Waals surface area contributed by atoms with Gasteiger partial charge in [-0.15, -0.1) is 10.2 Å². The number of rotatable bonds is 5. The van der Waals surface area contributed by atoms with Gasteiger partial charge in [0, 0.05) is 29.1 Å². The van der Waals surface area contributed by atoms with Gasteiger partial charge in [-0.1, -0.05) is 6.07 Å². The van der Waals surface area contributed by atoms with Crippen LogP contribution in [0.4, 0.5) is 0 Å². The second kappa shape index (κ2) is 6.88. The van der Waals surface area contributed by atoms with Crippen molar-refractivity contribution in [2.45, 2.75) is 40.3 Å². The third-order valence-corrected chi connectivity index (χ3v) is 4.34. The fourth-order valence-corrected chi connectivity index (χ4v) is 3.14. The predicted octanol–water partition coefficient (Wildman–Crippen LogP) is 2.59.